The van der Waals surface area contributed by atoms with Gasteiger partial charge in [0.2, 0.25) is 5.91 Å². The number of fused-ring (bicyclic) bond motifs is 1. The van der Waals surface area contributed by atoms with Gasteiger partial charge in [0.05, 0.1) is 5.69 Å². The lowest BCUT2D eigenvalue weighted by molar-refractivity contribution is -0.115. The van der Waals surface area contributed by atoms with Crippen molar-refractivity contribution >= 4 is 23.5 Å². The van der Waals surface area contributed by atoms with Gasteiger partial charge in [0.15, 0.2) is 0 Å². The third kappa shape index (κ3) is 2.40. The van der Waals surface area contributed by atoms with Crippen LogP contribution < -0.4 is 5.32 Å². The van der Waals surface area contributed by atoms with Crippen LogP contribution in [0.15, 0.2) is 41.4 Å². The van der Waals surface area contributed by atoms with Gasteiger partial charge < -0.3 is 10.4 Å². The first-order chi connectivity index (χ1) is 10.1. The number of nitrogens with zero attached hydrogens (tertiary/aromatic N) is 1. The molecule has 2 N–H and O–H groups in total. The normalized spacial score (nSPS) is 17.0. The number of amides is 1. The molecule has 2 aromatic carbocycles. The van der Waals surface area contributed by atoms with E-state index < -0.39 is 0 Å². The number of benzene rings is 2. The highest BCUT2D eigenvalue weighted by atomic mass is 16.3. The number of rotatable bonds is 2. The van der Waals surface area contributed by atoms with Gasteiger partial charge in [-0.1, -0.05) is 12.1 Å². The predicted octanol–water partition coefficient (Wildman–Crippen LogP) is 3.45. The number of carbonyl (C=O) groups is 1. The van der Waals surface area contributed by atoms with Gasteiger partial charge in [0.25, 0.3) is 0 Å². The molecule has 21 heavy (non-hydrogen) atoms. The summed E-state index contributed by atoms with van der Waals surface area (Å²) in [6, 6.07) is 10.9. The van der Waals surface area contributed by atoms with E-state index in [4.69, 9.17) is 0 Å². The summed E-state index contributed by atoms with van der Waals surface area (Å²) in [5.74, 6) is -0.178. The average molecular weight is 280 g/mol. The molecule has 0 aliphatic carbocycles. The molecule has 1 amide bonds. The van der Waals surface area contributed by atoms with Crippen LogP contribution in [0.1, 0.15) is 22.6 Å². The van der Waals surface area contributed by atoms with E-state index >= 15 is 0 Å². The Kier molecular flexibility index (Phi) is 3.22. The molecule has 1 aliphatic heterocycles. The number of hydrogen-bond acceptors (Lipinski definition) is 3. The lowest BCUT2D eigenvalue weighted by Gasteiger charge is -2.06. The maximum atomic E-state index is 12.1. The van der Waals surface area contributed by atoms with E-state index in [1.165, 1.54) is 0 Å². The maximum Gasteiger partial charge on any atom is 0.237 e. The molecule has 1 atom stereocenters. The molecule has 0 radical (unpaired) electrons. The van der Waals surface area contributed by atoms with E-state index in [-0.39, 0.29) is 17.6 Å². The van der Waals surface area contributed by atoms with Gasteiger partial charge >= 0.3 is 0 Å². The first-order valence-electron chi connectivity index (χ1n) is 6.80. The predicted molar refractivity (Wildman–Crippen MR) is 83.5 cm³/mol. The zero-order valence-electron chi connectivity index (χ0n) is 11.9. The molecule has 0 aromatic heterocycles. The third-order valence-corrected chi connectivity index (χ3v) is 3.73. The van der Waals surface area contributed by atoms with Crippen molar-refractivity contribution in [3.05, 3.63) is 53.1 Å². The van der Waals surface area contributed by atoms with E-state index in [1.54, 1.807) is 24.4 Å². The number of aromatic hydroxyl groups is 1. The highest BCUT2D eigenvalue weighted by Crippen LogP contribution is 2.34. The Hall–Kier alpha value is -2.62. The molecular formula is C17H16N2O2. The van der Waals surface area contributed by atoms with Crippen molar-refractivity contribution in [3.63, 3.8) is 0 Å². The van der Waals surface area contributed by atoms with Crippen LogP contribution >= 0.6 is 0 Å². The minimum absolute atomic E-state index is 0.0569. The van der Waals surface area contributed by atoms with Gasteiger partial charge in [0.1, 0.15) is 11.7 Å². The van der Waals surface area contributed by atoms with Crippen molar-refractivity contribution in [3.8, 4) is 5.75 Å². The fourth-order valence-corrected chi connectivity index (χ4v) is 2.57. The van der Waals surface area contributed by atoms with Crippen molar-refractivity contribution in [2.45, 2.75) is 19.8 Å². The molecule has 106 valence electrons. The van der Waals surface area contributed by atoms with Crippen molar-refractivity contribution in [1.29, 1.82) is 0 Å². The molecule has 0 saturated heterocycles. The van der Waals surface area contributed by atoms with E-state index in [9.17, 15) is 9.90 Å². The van der Waals surface area contributed by atoms with E-state index in [0.29, 0.717) is 0 Å². The average Bonchev–Trinajstić information content (AvgIpc) is 2.77. The van der Waals surface area contributed by atoms with Crippen molar-refractivity contribution < 1.29 is 9.90 Å². The Bertz CT molecular complexity index is 750. The topological polar surface area (TPSA) is 61.7 Å². The standard InChI is InChI=1S/C17H16N2O2/c1-10-4-3-5-14-16(10)13(17(21)19-14)9-18-12-6-7-15(20)11(2)8-12/h3-9,13,20H,1-2H3,(H,19,21). The van der Waals surface area contributed by atoms with Crippen LogP contribution in [0, 0.1) is 13.8 Å². The molecule has 1 aliphatic rings. The molecule has 0 bridgehead atoms. The van der Waals surface area contributed by atoms with E-state index in [0.717, 1.165) is 28.1 Å². The van der Waals surface area contributed by atoms with Crippen molar-refractivity contribution in [1.82, 2.24) is 0 Å². The van der Waals surface area contributed by atoms with Crippen LogP contribution in [0.4, 0.5) is 11.4 Å². The Morgan fingerprint density at radius 3 is 2.76 bits per heavy atom. The second kappa shape index (κ2) is 5.05. The van der Waals surface area contributed by atoms with E-state index in [2.05, 4.69) is 10.3 Å². The van der Waals surface area contributed by atoms with Gasteiger partial charge in [0, 0.05) is 11.9 Å². The van der Waals surface area contributed by atoms with Gasteiger partial charge in [-0.3, -0.25) is 9.79 Å². The number of nitrogens with one attached hydrogen (secondary N) is 1. The molecular weight excluding hydrogens is 264 g/mol. The number of aliphatic imine (C=N–C) groups is 1. The van der Waals surface area contributed by atoms with Crippen molar-refractivity contribution in [2.24, 2.45) is 4.99 Å². The summed E-state index contributed by atoms with van der Waals surface area (Å²) in [6.07, 6.45) is 1.67. The van der Waals surface area contributed by atoms with Crippen LogP contribution in [0.2, 0.25) is 0 Å². The van der Waals surface area contributed by atoms with Gasteiger partial charge in [-0.05, 0) is 54.8 Å². The molecule has 0 saturated carbocycles. The number of phenolic OH excluding ortho intramolecular Hbond substituents is 1. The molecule has 0 spiro atoms. The minimum atomic E-state index is -0.365. The Morgan fingerprint density at radius 1 is 1.19 bits per heavy atom. The summed E-state index contributed by atoms with van der Waals surface area (Å²) in [6.45, 7) is 3.81. The zero-order chi connectivity index (χ0) is 15.0. The van der Waals surface area contributed by atoms with Crippen molar-refractivity contribution in [2.75, 3.05) is 5.32 Å². The highest BCUT2D eigenvalue weighted by Gasteiger charge is 2.30. The quantitative estimate of drug-likeness (QED) is 0.828. The van der Waals surface area contributed by atoms with Crippen LogP contribution in [0.5, 0.6) is 5.75 Å². The SMILES string of the molecule is Cc1cc(N=CC2C(=O)Nc3cccc(C)c32)ccc1O. The second-order valence-electron chi connectivity index (χ2n) is 5.25. The summed E-state index contributed by atoms with van der Waals surface area (Å²) in [5.41, 5.74) is 4.40. The minimum Gasteiger partial charge on any atom is -0.508 e. The number of aryl methyl sites for hydroxylation is 2. The number of anilines is 1. The monoisotopic (exact) mass is 280 g/mol. The molecule has 2 aromatic rings. The van der Waals surface area contributed by atoms with Crippen LogP contribution in [0.25, 0.3) is 0 Å². The number of hydrogen-bond donors (Lipinski definition) is 2. The third-order valence-electron chi connectivity index (χ3n) is 3.73. The summed E-state index contributed by atoms with van der Waals surface area (Å²) < 4.78 is 0. The Balaban J connectivity index is 1.93. The molecule has 1 unspecified atom stereocenters. The van der Waals surface area contributed by atoms with Crippen LogP contribution in [-0.4, -0.2) is 17.2 Å². The fourth-order valence-electron chi connectivity index (χ4n) is 2.57. The molecule has 3 rings (SSSR count). The largest absolute Gasteiger partial charge is 0.508 e. The second-order valence-corrected chi connectivity index (χ2v) is 5.25. The van der Waals surface area contributed by atoms with Gasteiger partial charge in [-0.2, -0.15) is 0 Å². The number of phenols is 1. The molecule has 1 heterocycles. The van der Waals surface area contributed by atoms with Gasteiger partial charge in [-0.15, -0.1) is 0 Å². The fraction of sp³-hybridized carbons (Fsp3) is 0.176. The zero-order valence-corrected chi connectivity index (χ0v) is 11.9. The summed E-state index contributed by atoms with van der Waals surface area (Å²) >= 11 is 0. The Labute approximate surface area is 123 Å². The molecule has 0 fully saturated rings. The maximum absolute atomic E-state index is 12.1. The van der Waals surface area contributed by atoms with Crippen LogP contribution in [0.3, 0.4) is 0 Å². The van der Waals surface area contributed by atoms with Gasteiger partial charge in [-0.25, -0.2) is 0 Å². The first kappa shape index (κ1) is 13.4. The first-order valence-corrected chi connectivity index (χ1v) is 6.80. The lowest BCUT2D eigenvalue weighted by atomic mass is 9.97. The van der Waals surface area contributed by atoms with Crippen LogP contribution in [-0.2, 0) is 4.79 Å². The number of carbonyl (C=O) groups excluding carboxylic acids is 1. The smallest absolute Gasteiger partial charge is 0.237 e. The Morgan fingerprint density at radius 2 is 2.00 bits per heavy atom. The summed E-state index contributed by atoms with van der Waals surface area (Å²) in [4.78, 5) is 16.5. The summed E-state index contributed by atoms with van der Waals surface area (Å²) in [7, 11) is 0. The summed E-state index contributed by atoms with van der Waals surface area (Å²) in [5, 5.41) is 12.4. The molecule has 4 heteroatoms. The lowest BCUT2D eigenvalue weighted by Crippen LogP contribution is -2.13. The van der Waals surface area contributed by atoms with E-state index in [1.807, 2.05) is 32.0 Å². The molecule has 4 nitrogen and oxygen atoms in total. The highest BCUT2D eigenvalue weighted by molar-refractivity contribution is 6.13.